The quantitative estimate of drug-likeness (QED) is 0.785. The number of aliphatic hydroxyl groups excluding tert-OH is 1. The molecule has 0 unspecified atom stereocenters. The first kappa shape index (κ1) is 16.2. The van der Waals surface area contributed by atoms with Crippen molar-refractivity contribution in [1.82, 2.24) is 0 Å². The lowest BCUT2D eigenvalue weighted by atomic mass is 9.78. The van der Waals surface area contributed by atoms with Gasteiger partial charge in [-0.3, -0.25) is 4.79 Å². The summed E-state index contributed by atoms with van der Waals surface area (Å²) < 4.78 is 37.3. The fourth-order valence-corrected chi connectivity index (χ4v) is 2.22. The SMILES string of the molecule is CC1(C)CC(=O)C(N=Nc2ccc(C(F)(F)F)cc2)=C(O)C1. The molecule has 0 bridgehead atoms. The number of alkyl halides is 3. The van der Waals surface area contributed by atoms with Gasteiger partial charge in [0.2, 0.25) is 0 Å². The van der Waals surface area contributed by atoms with Crippen LogP contribution in [0.5, 0.6) is 0 Å². The van der Waals surface area contributed by atoms with E-state index in [1.165, 1.54) is 0 Å². The summed E-state index contributed by atoms with van der Waals surface area (Å²) in [4.78, 5) is 11.9. The smallest absolute Gasteiger partial charge is 0.416 e. The Morgan fingerprint density at radius 1 is 1.09 bits per heavy atom. The van der Waals surface area contributed by atoms with E-state index in [0.717, 1.165) is 24.3 Å². The number of Topliss-reactive ketones (excluding diaryl/α,β-unsaturated/α-hetero) is 1. The Morgan fingerprint density at radius 2 is 1.68 bits per heavy atom. The van der Waals surface area contributed by atoms with E-state index in [2.05, 4.69) is 10.2 Å². The summed E-state index contributed by atoms with van der Waals surface area (Å²) in [6.07, 6.45) is -3.88. The van der Waals surface area contributed by atoms with Crippen molar-refractivity contribution in [2.75, 3.05) is 0 Å². The lowest BCUT2D eigenvalue weighted by Gasteiger charge is -2.27. The van der Waals surface area contributed by atoms with Crippen molar-refractivity contribution in [3.05, 3.63) is 41.3 Å². The zero-order valence-electron chi connectivity index (χ0n) is 12.1. The van der Waals surface area contributed by atoms with Crippen LogP contribution in [0.1, 0.15) is 32.3 Å². The Labute approximate surface area is 125 Å². The molecule has 0 fully saturated rings. The minimum absolute atomic E-state index is 0.126. The molecule has 0 radical (unpaired) electrons. The Morgan fingerprint density at radius 3 is 2.18 bits per heavy atom. The molecule has 1 N–H and O–H groups in total. The molecule has 1 aliphatic carbocycles. The third-order valence-corrected chi connectivity index (χ3v) is 3.28. The van der Waals surface area contributed by atoms with Gasteiger partial charge in [0.25, 0.3) is 0 Å². The third kappa shape index (κ3) is 3.72. The number of rotatable bonds is 2. The first-order chi connectivity index (χ1) is 10.1. The number of hydrogen-bond donors (Lipinski definition) is 1. The number of ketones is 1. The number of nitrogens with zero attached hydrogens (tertiary/aromatic N) is 2. The molecular formula is C15H15F3N2O2. The highest BCUT2D eigenvalue weighted by Gasteiger charge is 2.33. The predicted octanol–water partition coefficient (Wildman–Crippen LogP) is 4.95. The first-order valence-electron chi connectivity index (χ1n) is 6.63. The Kier molecular flexibility index (Phi) is 4.08. The molecule has 118 valence electrons. The number of carbonyl (C=O) groups is 1. The van der Waals surface area contributed by atoms with Crippen LogP contribution >= 0.6 is 0 Å². The van der Waals surface area contributed by atoms with Crippen LogP contribution in [0.15, 0.2) is 46.0 Å². The zero-order valence-corrected chi connectivity index (χ0v) is 12.1. The summed E-state index contributed by atoms with van der Waals surface area (Å²) in [5, 5.41) is 17.3. The van der Waals surface area contributed by atoms with Crippen LogP contribution < -0.4 is 0 Å². The van der Waals surface area contributed by atoms with Crippen molar-refractivity contribution in [1.29, 1.82) is 0 Å². The normalized spacial score (nSPS) is 19.0. The van der Waals surface area contributed by atoms with Crippen LogP contribution in [-0.2, 0) is 11.0 Å². The van der Waals surface area contributed by atoms with Gasteiger partial charge in [-0.05, 0) is 29.7 Å². The van der Waals surface area contributed by atoms with Crippen LogP contribution in [0.3, 0.4) is 0 Å². The second kappa shape index (κ2) is 5.55. The fraction of sp³-hybridized carbons (Fsp3) is 0.400. The third-order valence-electron chi connectivity index (χ3n) is 3.28. The first-order valence-corrected chi connectivity index (χ1v) is 6.63. The Bertz CT molecular complexity index is 644. The lowest BCUT2D eigenvalue weighted by molar-refractivity contribution is -0.137. The molecule has 22 heavy (non-hydrogen) atoms. The summed E-state index contributed by atoms with van der Waals surface area (Å²) in [6.45, 7) is 3.70. The second-order valence-corrected chi connectivity index (χ2v) is 5.98. The molecule has 0 aromatic heterocycles. The molecule has 0 amide bonds. The maximum atomic E-state index is 12.4. The molecule has 1 aliphatic rings. The van der Waals surface area contributed by atoms with Gasteiger partial charge in [0.15, 0.2) is 11.5 Å². The van der Waals surface area contributed by atoms with Crippen molar-refractivity contribution in [3.63, 3.8) is 0 Å². The van der Waals surface area contributed by atoms with Crippen LogP contribution in [-0.4, -0.2) is 10.9 Å². The molecule has 0 spiro atoms. The van der Waals surface area contributed by atoms with Crippen LogP contribution in [0.2, 0.25) is 0 Å². The second-order valence-electron chi connectivity index (χ2n) is 5.98. The summed E-state index contributed by atoms with van der Waals surface area (Å²) in [6, 6.07) is 4.07. The van der Waals surface area contributed by atoms with E-state index in [0.29, 0.717) is 6.42 Å². The fourth-order valence-electron chi connectivity index (χ4n) is 2.22. The van der Waals surface area contributed by atoms with Crippen molar-refractivity contribution >= 4 is 11.5 Å². The maximum Gasteiger partial charge on any atom is 0.416 e. The van der Waals surface area contributed by atoms with Crippen molar-refractivity contribution in [3.8, 4) is 0 Å². The highest BCUT2D eigenvalue weighted by atomic mass is 19.4. The summed E-state index contributed by atoms with van der Waals surface area (Å²) in [5.74, 6) is -0.471. The minimum atomic E-state index is -4.42. The molecule has 4 nitrogen and oxygen atoms in total. The maximum absolute atomic E-state index is 12.4. The van der Waals surface area contributed by atoms with Crippen LogP contribution in [0.4, 0.5) is 18.9 Å². The lowest BCUT2D eigenvalue weighted by Crippen LogP contribution is -2.25. The number of aliphatic hydroxyl groups is 1. The standard InChI is InChI=1S/C15H15F3N2O2/c1-14(2)7-11(21)13(12(22)8-14)20-19-10-5-3-9(4-6-10)15(16,17)18/h3-6,21H,7-8H2,1-2H3. The van der Waals surface area contributed by atoms with Gasteiger partial charge in [0.05, 0.1) is 11.3 Å². The van der Waals surface area contributed by atoms with Gasteiger partial charge in [-0.1, -0.05) is 13.8 Å². The van der Waals surface area contributed by atoms with Gasteiger partial charge in [0.1, 0.15) is 5.76 Å². The molecule has 0 aliphatic heterocycles. The molecule has 0 saturated carbocycles. The molecule has 1 aromatic rings. The number of benzene rings is 1. The average molecular weight is 312 g/mol. The van der Waals surface area contributed by atoms with Gasteiger partial charge in [-0.2, -0.15) is 18.3 Å². The number of halogens is 3. The predicted molar refractivity (Wildman–Crippen MR) is 73.6 cm³/mol. The number of allylic oxidation sites excluding steroid dienone is 2. The molecule has 1 aromatic carbocycles. The molecule has 7 heteroatoms. The molecule has 0 heterocycles. The van der Waals surface area contributed by atoms with Gasteiger partial charge in [0, 0.05) is 12.8 Å². The van der Waals surface area contributed by atoms with Crippen LogP contribution in [0, 0.1) is 5.41 Å². The molecule has 2 rings (SSSR count). The monoisotopic (exact) mass is 312 g/mol. The summed E-state index contributed by atoms with van der Waals surface area (Å²) >= 11 is 0. The Hall–Kier alpha value is -2.18. The van der Waals surface area contributed by atoms with Gasteiger partial charge >= 0.3 is 6.18 Å². The van der Waals surface area contributed by atoms with E-state index in [1.807, 2.05) is 13.8 Å². The van der Waals surface area contributed by atoms with Gasteiger partial charge < -0.3 is 5.11 Å². The molecule has 0 atom stereocenters. The summed E-state index contributed by atoms with van der Waals surface area (Å²) in [7, 11) is 0. The van der Waals surface area contributed by atoms with E-state index in [9.17, 15) is 23.1 Å². The van der Waals surface area contributed by atoms with E-state index < -0.39 is 11.7 Å². The van der Waals surface area contributed by atoms with Gasteiger partial charge in [-0.25, -0.2) is 0 Å². The summed E-state index contributed by atoms with van der Waals surface area (Å²) in [5.41, 5.74) is -1.08. The van der Waals surface area contributed by atoms with E-state index in [-0.39, 0.29) is 34.8 Å². The molecular weight excluding hydrogens is 297 g/mol. The van der Waals surface area contributed by atoms with Crippen molar-refractivity contribution in [2.45, 2.75) is 32.9 Å². The van der Waals surface area contributed by atoms with Gasteiger partial charge in [-0.15, -0.1) is 5.11 Å². The molecule has 0 saturated heterocycles. The average Bonchev–Trinajstić information content (AvgIpc) is 2.35. The number of carbonyl (C=O) groups excluding carboxylic acids is 1. The Balaban J connectivity index is 2.20. The topological polar surface area (TPSA) is 62.0 Å². The van der Waals surface area contributed by atoms with Crippen molar-refractivity contribution in [2.24, 2.45) is 15.6 Å². The number of hydrogen-bond acceptors (Lipinski definition) is 4. The highest BCUT2D eigenvalue weighted by Crippen LogP contribution is 2.36. The zero-order chi connectivity index (χ0) is 16.5. The van der Waals surface area contributed by atoms with E-state index in [4.69, 9.17) is 0 Å². The van der Waals surface area contributed by atoms with Crippen molar-refractivity contribution < 1.29 is 23.1 Å². The highest BCUT2D eigenvalue weighted by molar-refractivity contribution is 5.96. The van der Waals surface area contributed by atoms with E-state index in [1.54, 1.807) is 0 Å². The van der Waals surface area contributed by atoms with E-state index >= 15 is 0 Å². The van der Waals surface area contributed by atoms with Crippen LogP contribution in [0.25, 0.3) is 0 Å². The minimum Gasteiger partial charge on any atom is -0.510 e. The number of azo groups is 1. The largest absolute Gasteiger partial charge is 0.510 e.